The van der Waals surface area contributed by atoms with Crippen LogP contribution in [-0.2, 0) is 14.4 Å². The molecular formula is C13H14N2O4. The van der Waals surface area contributed by atoms with Gasteiger partial charge in [0, 0.05) is 5.69 Å². The van der Waals surface area contributed by atoms with Gasteiger partial charge in [-0.15, -0.1) is 0 Å². The maximum absolute atomic E-state index is 11.5. The number of amides is 2. The van der Waals surface area contributed by atoms with Crippen molar-refractivity contribution in [1.82, 2.24) is 5.32 Å². The highest BCUT2D eigenvalue weighted by Gasteiger charge is 2.48. The molecule has 0 heterocycles. The maximum Gasteiger partial charge on any atom is 0.307 e. The van der Waals surface area contributed by atoms with Crippen LogP contribution >= 0.6 is 0 Å². The molecule has 0 saturated heterocycles. The summed E-state index contributed by atoms with van der Waals surface area (Å²) in [4.78, 5) is 33.7. The number of para-hydroxylation sites is 1. The number of benzene rings is 1. The van der Waals surface area contributed by atoms with Crippen LogP contribution < -0.4 is 10.6 Å². The standard InChI is InChI=1S/C13H14N2O4/c16-11(15-8-4-2-1-3-5-8)7-14-12(17)9-6-10(9)13(18)19/h1-5,9-10H,6-7H2,(H,14,17)(H,15,16)(H,18,19). The highest BCUT2D eigenvalue weighted by molar-refractivity contribution is 5.96. The molecule has 3 N–H and O–H groups in total. The Kier molecular flexibility index (Phi) is 3.79. The fourth-order valence-electron chi connectivity index (χ4n) is 1.78. The average molecular weight is 262 g/mol. The van der Waals surface area contributed by atoms with Gasteiger partial charge in [-0.25, -0.2) is 0 Å². The molecule has 1 saturated carbocycles. The van der Waals surface area contributed by atoms with Crippen LogP contribution in [0.2, 0.25) is 0 Å². The number of nitrogens with one attached hydrogen (secondary N) is 2. The Morgan fingerprint density at radius 1 is 1.16 bits per heavy atom. The van der Waals surface area contributed by atoms with Crippen molar-refractivity contribution >= 4 is 23.5 Å². The van der Waals surface area contributed by atoms with Gasteiger partial charge in [0.05, 0.1) is 18.4 Å². The van der Waals surface area contributed by atoms with Crippen LogP contribution in [0.3, 0.4) is 0 Å². The summed E-state index contributed by atoms with van der Waals surface area (Å²) >= 11 is 0. The van der Waals surface area contributed by atoms with E-state index in [0.29, 0.717) is 12.1 Å². The van der Waals surface area contributed by atoms with E-state index in [9.17, 15) is 14.4 Å². The molecule has 6 heteroatoms. The Morgan fingerprint density at radius 3 is 2.42 bits per heavy atom. The van der Waals surface area contributed by atoms with Crippen LogP contribution in [0.15, 0.2) is 30.3 Å². The predicted molar refractivity (Wildman–Crippen MR) is 67.3 cm³/mol. The third-order valence-corrected chi connectivity index (χ3v) is 2.93. The Morgan fingerprint density at radius 2 is 1.84 bits per heavy atom. The zero-order valence-electron chi connectivity index (χ0n) is 10.1. The number of carbonyl (C=O) groups is 3. The summed E-state index contributed by atoms with van der Waals surface area (Å²) < 4.78 is 0. The molecule has 0 aliphatic heterocycles. The van der Waals surface area contributed by atoms with Crippen molar-refractivity contribution in [3.63, 3.8) is 0 Å². The Balaban J connectivity index is 1.73. The molecule has 19 heavy (non-hydrogen) atoms. The van der Waals surface area contributed by atoms with Gasteiger partial charge in [0.25, 0.3) is 0 Å². The summed E-state index contributed by atoms with van der Waals surface area (Å²) in [5, 5.41) is 13.7. The van der Waals surface area contributed by atoms with E-state index in [1.54, 1.807) is 24.3 Å². The van der Waals surface area contributed by atoms with Gasteiger partial charge in [-0.1, -0.05) is 18.2 Å². The normalized spacial score (nSPS) is 20.4. The van der Waals surface area contributed by atoms with E-state index in [4.69, 9.17) is 5.11 Å². The summed E-state index contributed by atoms with van der Waals surface area (Å²) in [6.07, 6.45) is 0.349. The smallest absolute Gasteiger partial charge is 0.307 e. The first-order valence-corrected chi connectivity index (χ1v) is 5.93. The Bertz CT molecular complexity index is 501. The number of carboxylic acids is 1. The second-order valence-corrected chi connectivity index (χ2v) is 4.42. The van der Waals surface area contributed by atoms with E-state index < -0.39 is 17.8 Å². The Hall–Kier alpha value is -2.37. The van der Waals surface area contributed by atoms with Crippen molar-refractivity contribution < 1.29 is 19.5 Å². The first-order chi connectivity index (χ1) is 9.08. The van der Waals surface area contributed by atoms with Gasteiger partial charge in [-0.05, 0) is 18.6 Å². The molecule has 2 unspecified atom stereocenters. The van der Waals surface area contributed by atoms with Gasteiger partial charge in [0.2, 0.25) is 11.8 Å². The second-order valence-electron chi connectivity index (χ2n) is 4.42. The molecule has 6 nitrogen and oxygen atoms in total. The van der Waals surface area contributed by atoms with Crippen LogP contribution in [0.1, 0.15) is 6.42 Å². The van der Waals surface area contributed by atoms with E-state index in [-0.39, 0.29) is 18.4 Å². The molecule has 2 amide bonds. The average Bonchev–Trinajstić information content (AvgIpc) is 3.17. The van der Waals surface area contributed by atoms with Gasteiger partial charge in [-0.3, -0.25) is 14.4 Å². The molecule has 0 aromatic heterocycles. The van der Waals surface area contributed by atoms with Crippen LogP contribution in [0, 0.1) is 11.8 Å². The SMILES string of the molecule is O=C(CNC(=O)C1CC1C(=O)O)Nc1ccccc1. The van der Waals surface area contributed by atoms with E-state index in [1.807, 2.05) is 6.07 Å². The van der Waals surface area contributed by atoms with Crippen LogP contribution in [0.4, 0.5) is 5.69 Å². The molecule has 1 aliphatic carbocycles. The topological polar surface area (TPSA) is 95.5 Å². The summed E-state index contributed by atoms with van der Waals surface area (Å²) in [6.45, 7) is -0.156. The third-order valence-electron chi connectivity index (χ3n) is 2.93. The maximum atomic E-state index is 11.5. The second kappa shape index (κ2) is 5.51. The van der Waals surface area contributed by atoms with Gasteiger partial charge in [0.15, 0.2) is 0 Å². The monoisotopic (exact) mass is 262 g/mol. The highest BCUT2D eigenvalue weighted by Crippen LogP contribution is 2.38. The number of hydrogen-bond acceptors (Lipinski definition) is 3. The molecule has 2 atom stereocenters. The van der Waals surface area contributed by atoms with Crippen molar-refractivity contribution in [3.8, 4) is 0 Å². The molecule has 1 aromatic carbocycles. The van der Waals surface area contributed by atoms with Crippen molar-refractivity contribution in [2.45, 2.75) is 6.42 Å². The lowest BCUT2D eigenvalue weighted by Gasteiger charge is -2.06. The molecule has 2 rings (SSSR count). The molecule has 0 radical (unpaired) electrons. The first kappa shape index (κ1) is 13.1. The van der Waals surface area contributed by atoms with Gasteiger partial charge in [-0.2, -0.15) is 0 Å². The van der Waals surface area contributed by atoms with Crippen LogP contribution in [-0.4, -0.2) is 29.4 Å². The molecular weight excluding hydrogens is 248 g/mol. The lowest BCUT2D eigenvalue weighted by Crippen LogP contribution is -2.34. The zero-order chi connectivity index (χ0) is 13.8. The molecule has 1 fully saturated rings. The van der Waals surface area contributed by atoms with Crippen LogP contribution in [0.25, 0.3) is 0 Å². The zero-order valence-corrected chi connectivity index (χ0v) is 10.1. The number of hydrogen-bond donors (Lipinski definition) is 3. The van der Waals surface area contributed by atoms with E-state index in [0.717, 1.165) is 0 Å². The molecule has 1 aliphatic rings. The lowest BCUT2D eigenvalue weighted by atomic mass is 10.3. The molecule has 1 aromatic rings. The fourth-order valence-corrected chi connectivity index (χ4v) is 1.78. The van der Waals surface area contributed by atoms with Gasteiger partial charge in [0.1, 0.15) is 0 Å². The predicted octanol–water partition coefficient (Wildman–Crippen LogP) is 0.462. The quantitative estimate of drug-likeness (QED) is 0.718. The first-order valence-electron chi connectivity index (χ1n) is 5.93. The highest BCUT2D eigenvalue weighted by atomic mass is 16.4. The molecule has 0 spiro atoms. The minimum atomic E-state index is -0.964. The number of carbonyl (C=O) groups excluding carboxylic acids is 2. The number of aliphatic carboxylic acids is 1. The summed E-state index contributed by atoms with van der Waals surface area (Å²) in [6, 6.07) is 8.88. The summed E-state index contributed by atoms with van der Waals surface area (Å²) in [7, 11) is 0. The summed E-state index contributed by atoms with van der Waals surface area (Å²) in [5.74, 6) is -2.78. The lowest BCUT2D eigenvalue weighted by molar-refractivity contribution is -0.140. The van der Waals surface area contributed by atoms with Crippen molar-refractivity contribution in [1.29, 1.82) is 0 Å². The minimum Gasteiger partial charge on any atom is -0.481 e. The van der Waals surface area contributed by atoms with Crippen molar-refractivity contribution in [2.24, 2.45) is 11.8 Å². The van der Waals surface area contributed by atoms with E-state index >= 15 is 0 Å². The van der Waals surface area contributed by atoms with E-state index in [1.165, 1.54) is 0 Å². The Labute approximate surface area is 109 Å². The number of anilines is 1. The van der Waals surface area contributed by atoms with Crippen molar-refractivity contribution in [3.05, 3.63) is 30.3 Å². The molecule has 0 bridgehead atoms. The van der Waals surface area contributed by atoms with Gasteiger partial charge < -0.3 is 15.7 Å². The fraction of sp³-hybridized carbons (Fsp3) is 0.308. The molecule has 100 valence electrons. The largest absolute Gasteiger partial charge is 0.481 e. The van der Waals surface area contributed by atoms with Crippen molar-refractivity contribution in [2.75, 3.05) is 11.9 Å². The van der Waals surface area contributed by atoms with Crippen LogP contribution in [0.5, 0.6) is 0 Å². The third kappa shape index (κ3) is 3.54. The number of carboxylic acid groups (broad SMARTS) is 1. The summed E-state index contributed by atoms with van der Waals surface area (Å²) in [5.41, 5.74) is 0.650. The minimum absolute atomic E-state index is 0.156. The number of rotatable bonds is 5. The van der Waals surface area contributed by atoms with Gasteiger partial charge >= 0.3 is 5.97 Å². The van der Waals surface area contributed by atoms with E-state index in [2.05, 4.69) is 10.6 Å².